The molecule has 0 fully saturated rings. The summed E-state index contributed by atoms with van der Waals surface area (Å²) in [6, 6.07) is 5.42. The van der Waals surface area contributed by atoms with Crippen LogP contribution in [0, 0.1) is 0 Å². The van der Waals surface area contributed by atoms with Crippen molar-refractivity contribution >= 4 is 22.5 Å². The van der Waals surface area contributed by atoms with Gasteiger partial charge in [0.15, 0.2) is 16.6 Å². The van der Waals surface area contributed by atoms with Gasteiger partial charge in [0, 0.05) is 30.9 Å². The normalized spacial score (nSPS) is 15.5. The van der Waals surface area contributed by atoms with Gasteiger partial charge in [0.2, 0.25) is 0 Å². The van der Waals surface area contributed by atoms with E-state index < -0.39 is 0 Å². The van der Waals surface area contributed by atoms with E-state index in [-0.39, 0.29) is 5.75 Å². The number of nitrogen functional groups attached to an aromatic ring is 1. The fourth-order valence-electron chi connectivity index (χ4n) is 2.76. The maximum Gasteiger partial charge on any atom is 0.180 e. The maximum absolute atomic E-state index is 9.79. The largest absolute Gasteiger partial charge is 0.504 e. The molecule has 0 spiro atoms. The molecule has 2 heterocycles. The van der Waals surface area contributed by atoms with Crippen molar-refractivity contribution in [2.24, 2.45) is 0 Å². The number of fused-ring (bicyclic) bond motifs is 1. The molecule has 122 valence electrons. The minimum Gasteiger partial charge on any atom is -0.504 e. The van der Waals surface area contributed by atoms with Gasteiger partial charge in [0.1, 0.15) is 0 Å². The molecule has 23 heavy (non-hydrogen) atoms. The third kappa shape index (κ3) is 3.83. The summed E-state index contributed by atoms with van der Waals surface area (Å²) in [5.41, 5.74) is 7.91. The van der Waals surface area contributed by atoms with E-state index in [2.05, 4.69) is 16.0 Å². The van der Waals surface area contributed by atoms with Gasteiger partial charge in [-0.1, -0.05) is 18.2 Å². The zero-order valence-electron chi connectivity index (χ0n) is 13.2. The van der Waals surface area contributed by atoms with Gasteiger partial charge in [-0.2, -0.15) is 0 Å². The van der Waals surface area contributed by atoms with E-state index in [1.807, 2.05) is 12.1 Å². The Morgan fingerprint density at radius 1 is 1.39 bits per heavy atom. The van der Waals surface area contributed by atoms with Crippen LogP contribution in [0.4, 0.5) is 5.13 Å². The number of phenols is 1. The van der Waals surface area contributed by atoms with Crippen LogP contribution in [-0.4, -0.2) is 41.7 Å². The highest BCUT2D eigenvalue weighted by atomic mass is 32.1. The van der Waals surface area contributed by atoms with Gasteiger partial charge in [-0.25, -0.2) is 4.98 Å². The van der Waals surface area contributed by atoms with Crippen LogP contribution in [0.3, 0.4) is 0 Å². The van der Waals surface area contributed by atoms with Crippen molar-refractivity contribution in [1.29, 1.82) is 0 Å². The zero-order valence-corrected chi connectivity index (χ0v) is 14.0. The SMILES string of the molecule is COc1ccc(C=CCN2CCc3nc(N)sc3CC2)cc1O. The lowest BCUT2D eigenvalue weighted by Crippen LogP contribution is -2.26. The molecular weight excluding hydrogens is 310 g/mol. The first-order valence-electron chi connectivity index (χ1n) is 7.65. The molecule has 0 bridgehead atoms. The van der Waals surface area contributed by atoms with Crippen LogP contribution in [0.5, 0.6) is 11.5 Å². The first kappa shape index (κ1) is 15.8. The summed E-state index contributed by atoms with van der Waals surface area (Å²) in [6.07, 6.45) is 6.13. The first-order chi connectivity index (χ1) is 11.2. The molecule has 0 saturated carbocycles. The molecular formula is C17H21N3O2S. The van der Waals surface area contributed by atoms with E-state index >= 15 is 0 Å². The Bertz CT molecular complexity index is 686. The monoisotopic (exact) mass is 331 g/mol. The number of phenolic OH excluding ortho intramolecular Hbond substituents is 1. The van der Waals surface area contributed by atoms with E-state index in [1.165, 1.54) is 10.6 Å². The molecule has 0 saturated heterocycles. The molecule has 2 aromatic rings. The van der Waals surface area contributed by atoms with E-state index in [9.17, 15) is 5.11 Å². The standard InChI is InChI=1S/C17H21N3O2S/c1-22-15-5-4-12(11-14(15)21)3-2-8-20-9-6-13-16(7-10-20)23-17(18)19-13/h2-5,11,21H,6-10H2,1H3,(H2,18,19). The molecule has 3 N–H and O–H groups in total. The second-order valence-electron chi connectivity index (χ2n) is 5.56. The molecule has 0 aliphatic carbocycles. The summed E-state index contributed by atoms with van der Waals surface area (Å²) in [5, 5.41) is 10.5. The Kier molecular flexibility index (Phi) is 4.83. The lowest BCUT2D eigenvalue weighted by Gasteiger charge is -2.17. The van der Waals surface area contributed by atoms with E-state index in [0.717, 1.165) is 38.0 Å². The zero-order chi connectivity index (χ0) is 16.2. The van der Waals surface area contributed by atoms with Crippen LogP contribution >= 0.6 is 11.3 Å². The minimum absolute atomic E-state index is 0.164. The molecule has 3 rings (SSSR count). The van der Waals surface area contributed by atoms with Gasteiger partial charge in [-0.15, -0.1) is 11.3 Å². The molecule has 1 aliphatic heterocycles. The Balaban J connectivity index is 1.56. The smallest absolute Gasteiger partial charge is 0.180 e. The number of aromatic nitrogens is 1. The molecule has 0 amide bonds. The van der Waals surface area contributed by atoms with Crippen molar-refractivity contribution in [2.45, 2.75) is 12.8 Å². The predicted octanol–water partition coefficient (Wildman–Crippen LogP) is 2.55. The van der Waals surface area contributed by atoms with Gasteiger partial charge < -0.3 is 15.6 Å². The maximum atomic E-state index is 9.79. The molecule has 1 aliphatic rings. The van der Waals surface area contributed by atoms with Gasteiger partial charge in [-0.05, 0) is 24.1 Å². The van der Waals surface area contributed by atoms with Crippen molar-refractivity contribution in [2.75, 3.05) is 32.5 Å². The summed E-state index contributed by atoms with van der Waals surface area (Å²) in [5.74, 6) is 0.658. The number of nitrogens with zero attached hydrogens (tertiary/aromatic N) is 2. The second-order valence-corrected chi connectivity index (χ2v) is 6.67. The van der Waals surface area contributed by atoms with Crippen LogP contribution in [0.2, 0.25) is 0 Å². The average Bonchev–Trinajstić information content (AvgIpc) is 2.79. The lowest BCUT2D eigenvalue weighted by atomic mass is 10.2. The molecule has 0 radical (unpaired) electrons. The summed E-state index contributed by atoms with van der Waals surface area (Å²) in [4.78, 5) is 8.15. The van der Waals surface area contributed by atoms with Crippen molar-refractivity contribution in [1.82, 2.24) is 9.88 Å². The van der Waals surface area contributed by atoms with Crippen molar-refractivity contribution in [3.05, 3.63) is 40.4 Å². The number of ether oxygens (including phenoxy) is 1. The Labute approximate surface area is 140 Å². The highest BCUT2D eigenvalue weighted by Crippen LogP contribution is 2.27. The van der Waals surface area contributed by atoms with Gasteiger partial charge in [0.25, 0.3) is 0 Å². The Morgan fingerprint density at radius 3 is 3.00 bits per heavy atom. The van der Waals surface area contributed by atoms with Gasteiger partial charge in [-0.3, -0.25) is 4.90 Å². The quantitative estimate of drug-likeness (QED) is 0.901. The lowest BCUT2D eigenvalue weighted by molar-refractivity contribution is 0.318. The summed E-state index contributed by atoms with van der Waals surface area (Å²) < 4.78 is 5.05. The first-order valence-corrected chi connectivity index (χ1v) is 8.47. The number of anilines is 1. The minimum atomic E-state index is 0.164. The van der Waals surface area contributed by atoms with E-state index in [4.69, 9.17) is 10.5 Å². The van der Waals surface area contributed by atoms with E-state index in [1.54, 1.807) is 30.6 Å². The molecule has 0 unspecified atom stereocenters. The van der Waals surface area contributed by atoms with Crippen molar-refractivity contribution in [3.63, 3.8) is 0 Å². The van der Waals surface area contributed by atoms with Crippen LogP contribution in [0.1, 0.15) is 16.1 Å². The number of benzene rings is 1. The van der Waals surface area contributed by atoms with E-state index in [0.29, 0.717) is 10.9 Å². The molecule has 0 atom stereocenters. The number of rotatable bonds is 4. The average molecular weight is 331 g/mol. The number of methoxy groups -OCH3 is 1. The Morgan fingerprint density at radius 2 is 2.22 bits per heavy atom. The summed E-state index contributed by atoms with van der Waals surface area (Å²) in [7, 11) is 1.55. The third-order valence-electron chi connectivity index (χ3n) is 3.99. The van der Waals surface area contributed by atoms with Crippen LogP contribution < -0.4 is 10.5 Å². The predicted molar refractivity (Wildman–Crippen MR) is 94.1 cm³/mol. The molecule has 6 heteroatoms. The number of hydrogen-bond donors (Lipinski definition) is 2. The van der Waals surface area contributed by atoms with Gasteiger partial charge >= 0.3 is 0 Å². The van der Waals surface area contributed by atoms with Crippen LogP contribution in [0.15, 0.2) is 24.3 Å². The number of hydrogen-bond acceptors (Lipinski definition) is 6. The number of nitrogens with two attached hydrogens (primary N) is 1. The van der Waals surface area contributed by atoms with Gasteiger partial charge in [0.05, 0.1) is 12.8 Å². The topological polar surface area (TPSA) is 71.6 Å². The van der Waals surface area contributed by atoms with Crippen LogP contribution in [-0.2, 0) is 12.8 Å². The summed E-state index contributed by atoms with van der Waals surface area (Å²) in [6.45, 7) is 2.90. The molecule has 1 aromatic heterocycles. The highest BCUT2D eigenvalue weighted by molar-refractivity contribution is 7.15. The van der Waals surface area contributed by atoms with Crippen molar-refractivity contribution in [3.8, 4) is 11.5 Å². The molecule has 5 nitrogen and oxygen atoms in total. The van der Waals surface area contributed by atoms with Crippen LogP contribution in [0.25, 0.3) is 6.08 Å². The number of aromatic hydroxyl groups is 1. The fourth-order valence-corrected chi connectivity index (χ4v) is 3.63. The highest BCUT2D eigenvalue weighted by Gasteiger charge is 2.16. The second kappa shape index (κ2) is 7.02. The van der Waals surface area contributed by atoms with Crippen molar-refractivity contribution < 1.29 is 9.84 Å². The summed E-state index contributed by atoms with van der Waals surface area (Å²) >= 11 is 1.61. The Hall–Kier alpha value is -2.05. The number of thiazole rings is 1. The molecule has 1 aromatic carbocycles. The third-order valence-corrected chi connectivity index (χ3v) is 4.98. The fraction of sp³-hybridized carbons (Fsp3) is 0.353.